The number of rotatable bonds is 6. The number of nitro groups is 1. The molecule has 8 heteroatoms. The van der Waals surface area contributed by atoms with Crippen LogP contribution in [0.2, 0.25) is 0 Å². The third-order valence-corrected chi connectivity index (χ3v) is 3.40. The molecule has 1 atom stereocenters. The van der Waals surface area contributed by atoms with Crippen LogP contribution in [0.1, 0.15) is 17.4 Å². The van der Waals surface area contributed by atoms with Crippen LogP contribution in [0.5, 0.6) is 0 Å². The fraction of sp³-hybridized carbons (Fsp3) is 0.455. The lowest BCUT2D eigenvalue weighted by molar-refractivity contribution is -0.384. The molecule has 19 heavy (non-hydrogen) atoms. The number of hydrogen-bond acceptors (Lipinski definition) is 7. The van der Waals surface area contributed by atoms with E-state index in [1.54, 1.807) is 11.8 Å². The number of carbonyl (C=O) groups is 1. The van der Waals surface area contributed by atoms with E-state index in [2.05, 4.69) is 15.0 Å². The lowest BCUT2D eigenvalue weighted by Crippen LogP contribution is -2.16. The van der Waals surface area contributed by atoms with E-state index in [0.29, 0.717) is 6.54 Å². The molecule has 0 amide bonds. The normalized spacial score (nSPS) is 11.7. The smallest absolute Gasteiger partial charge is 0.356 e. The van der Waals surface area contributed by atoms with Crippen LogP contribution in [0.15, 0.2) is 12.1 Å². The average molecular weight is 285 g/mol. The molecule has 1 N–H and O–H groups in total. The number of anilines is 1. The van der Waals surface area contributed by atoms with Gasteiger partial charge in [-0.25, -0.2) is 9.78 Å². The van der Waals surface area contributed by atoms with Gasteiger partial charge in [0.1, 0.15) is 0 Å². The highest BCUT2D eigenvalue weighted by Crippen LogP contribution is 2.23. The molecule has 0 aliphatic carbocycles. The van der Waals surface area contributed by atoms with Gasteiger partial charge < -0.3 is 10.1 Å². The van der Waals surface area contributed by atoms with E-state index in [1.165, 1.54) is 19.2 Å². The summed E-state index contributed by atoms with van der Waals surface area (Å²) < 4.78 is 4.54. The molecule has 0 aliphatic heterocycles. The summed E-state index contributed by atoms with van der Waals surface area (Å²) in [6, 6.07) is 2.51. The zero-order valence-corrected chi connectivity index (χ0v) is 11.7. The van der Waals surface area contributed by atoms with Crippen molar-refractivity contribution in [1.29, 1.82) is 0 Å². The molecule has 104 valence electrons. The zero-order chi connectivity index (χ0) is 14.4. The average Bonchev–Trinajstić information content (AvgIpc) is 2.43. The maximum absolute atomic E-state index is 11.4. The highest BCUT2D eigenvalue weighted by Gasteiger charge is 2.19. The van der Waals surface area contributed by atoms with E-state index in [1.807, 2.05) is 13.2 Å². The molecule has 1 aromatic heterocycles. The van der Waals surface area contributed by atoms with Crippen molar-refractivity contribution in [2.24, 2.45) is 0 Å². The third-order valence-electron chi connectivity index (χ3n) is 2.42. The Morgan fingerprint density at radius 1 is 1.63 bits per heavy atom. The summed E-state index contributed by atoms with van der Waals surface area (Å²) in [5, 5.41) is 14.0. The molecular weight excluding hydrogens is 270 g/mol. The zero-order valence-electron chi connectivity index (χ0n) is 10.9. The van der Waals surface area contributed by atoms with Crippen LogP contribution >= 0.6 is 11.8 Å². The number of thioether (sulfide) groups is 1. The SMILES string of the molecule is COC(=O)c1ccc([N+](=O)[O-])c(NCC(C)SC)n1. The van der Waals surface area contributed by atoms with Crippen LogP contribution < -0.4 is 5.32 Å². The molecule has 0 saturated heterocycles. The Morgan fingerprint density at radius 2 is 2.32 bits per heavy atom. The number of ether oxygens (including phenoxy) is 1. The largest absolute Gasteiger partial charge is 0.464 e. The number of esters is 1. The number of methoxy groups -OCH3 is 1. The minimum atomic E-state index is -0.629. The number of nitrogens with zero attached hydrogens (tertiary/aromatic N) is 2. The highest BCUT2D eigenvalue weighted by molar-refractivity contribution is 7.99. The van der Waals surface area contributed by atoms with Gasteiger partial charge in [-0.3, -0.25) is 10.1 Å². The van der Waals surface area contributed by atoms with Crippen molar-refractivity contribution in [3.05, 3.63) is 27.9 Å². The van der Waals surface area contributed by atoms with Gasteiger partial charge in [-0.05, 0) is 12.3 Å². The Morgan fingerprint density at radius 3 is 2.84 bits per heavy atom. The maximum atomic E-state index is 11.4. The summed E-state index contributed by atoms with van der Waals surface area (Å²) in [6.45, 7) is 2.49. The molecule has 0 spiro atoms. The first-order chi connectivity index (χ1) is 8.99. The molecule has 1 unspecified atom stereocenters. The Bertz CT molecular complexity index is 481. The van der Waals surface area contributed by atoms with Crippen LogP contribution in [0.25, 0.3) is 0 Å². The summed E-state index contributed by atoms with van der Waals surface area (Å²) in [5.41, 5.74) is -0.131. The summed E-state index contributed by atoms with van der Waals surface area (Å²) in [5.74, 6) is -0.551. The molecule has 7 nitrogen and oxygen atoms in total. The summed E-state index contributed by atoms with van der Waals surface area (Å²) in [7, 11) is 1.23. The van der Waals surface area contributed by atoms with Crippen LogP contribution in [0.4, 0.5) is 11.5 Å². The van der Waals surface area contributed by atoms with Crippen molar-refractivity contribution in [3.8, 4) is 0 Å². The van der Waals surface area contributed by atoms with E-state index in [4.69, 9.17) is 0 Å². The van der Waals surface area contributed by atoms with Gasteiger partial charge >= 0.3 is 11.7 Å². The van der Waals surface area contributed by atoms with Crippen LogP contribution in [0.3, 0.4) is 0 Å². The van der Waals surface area contributed by atoms with Gasteiger partial charge in [-0.1, -0.05) is 6.92 Å². The van der Waals surface area contributed by atoms with Gasteiger partial charge in [-0.15, -0.1) is 0 Å². The molecule has 1 heterocycles. The van der Waals surface area contributed by atoms with Crippen molar-refractivity contribution in [2.45, 2.75) is 12.2 Å². The molecule has 0 aliphatic rings. The molecule has 0 radical (unpaired) electrons. The monoisotopic (exact) mass is 285 g/mol. The van der Waals surface area contributed by atoms with Gasteiger partial charge in [0.15, 0.2) is 5.69 Å². The fourth-order valence-corrected chi connectivity index (χ4v) is 1.52. The molecule has 1 rings (SSSR count). The van der Waals surface area contributed by atoms with Crippen molar-refractivity contribution in [1.82, 2.24) is 4.98 Å². The predicted molar refractivity (Wildman–Crippen MR) is 73.7 cm³/mol. The number of nitrogens with one attached hydrogen (secondary N) is 1. The first kappa shape index (κ1) is 15.2. The summed E-state index contributed by atoms with van der Waals surface area (Å²) >= 11 is 1.62. The number of pyridine rings is 1. The number of hydrogen-bond donors (Lipinski definition) is 1. The van der Waals surface area contributed by atoms with Crippen LogP contribution in [0, 0.1) is 10.1 Å². The maximum Gasteiger partial charge on any atom is 0.356 e. The minimum Gasteiger partial charge on any atom is -0.464 e. The standard InChI is InChI=1S/C11H15N3O4S/c1-7(19-3)6-12-10-9(14(16)17)5-4-8(13-10)11(15)18-2/h4-5,7H,6H2,1-3H3,(H,12,13). The van der Waals surface area contributed by atoms with Gasteiger partial charge in [-0.2, -0.15) is 11.8 Å². The van der Waals surface area contributed by atoms with Crippen molar-refractivity contribution >= 4 is 29.2 Å². The summed E-state index contributed by atoms with van der Waals surface area (Å²) in [4.78, 5) is 25.6. The molecule has 1 aromatic rings. The van der Waals surface area contributed by atoms with Gasteiger partial charge in [0, 0.05) is 17.9 Å². The topological polar surface area (TPSA) is 94.4 Å². The summed E-state index contributed by atoms with van der Waals surface area (Å²) in [6.07, 6.45) is 1.94. The molecule has 0 aromatic carbocycles. The minimum absolute atomic E-state index is 0.0346. The Balaban J connectivity index is 3.01. The van der Waals surface area contributed by atoms with Crippen LogP contribution in [-0.2, 0) is 4.74 Å². The van der Waals surface area contributed by atoms with Gasteiger partial charge in [0.25, 0.3) is 0 Å². The Hall–Kier alpha value is -1.83. The number of aromatic nitrogens is 1. The van der Waals surface area contributed by atoms with E-state index in [9.17, 15) is 14.9 Å². The first-order valence-corrected chi connectivity index (χ1v) is 6.78. The first-order valence-electron chi connectivity index (χ1n) is 5.50. The van der Waals surface area contributed by atoms with Gasteiger partial charge in [0.2, 0.25) is 5.82 Å². The second-order valence-corrected chi connectivity index (χ2v) is 5.02. The molecule has 0 bridgehead atoms. The van der Waals surface area contributed by atoms with Crippen LogP contribution in [-0.4, -0.2) is 41.0 Å². The van der Waals surface area contributed by atoms with Crippen molar-refractivity contribution in [2.75, 3.05) is 25.2 Å². The Labute approximate surface area is 114 Å². The second kappa shape index (κ2) is 6.93. The van der Waals surface area contributed by atoms with Crippen molar-refractivity contribution in [3.63, 3.8) is 0 Å². The molecule has 0 fully saturated rings. The lowest BCUT2D eigenvalue weighted by Gasteiger charge is -2.11. The van der Waals surface area contributed by atoms with E-state index < -0.39 is 10.9 Å². The number of carbonyl (C=O) groups excluding carboxylic acids is 1. The van der Waals surface area contributed by atoms with Gasteiger partial charge in [0.05, 0.1) is 12.0 Å². The van der Waals surface area contributed by atoms with Crippen molar-refractivity contribution < 1.29 is 14.5 Å². The van der Waals surface area contributed by atoms with E-state index in [0.717, 1.165) is 0 Å². The fourth-order valence-electron chi connectivity index (χ4n) is 1.27. The Kier molecular flexibility index (Phi) is 5.56. The van der Waals surface area contributed by atoms with E-state index >= 15 is 0 Å². The quantitative estimate of drug-likeness (QED) is 0.485. The predicted octanol–water partition coefficient (Wildman–Crippen LogP) is 1.94. The van der Waals surface area contributed by atoms with E-state index in [-0.39, 0.29) is 22.4 Å². The second-order valence-electron chi connectivity index (χ2n) is 3.74. The highest BCUT2D eigenvalue weighted by atomic mass is 32.2. The third kappa shape index (κ3) is 4.09. The molecular formula is C11H15N3O4S. The lowest BCUT2D eigenvalue weighted by atomic mass is 10.3. The molecule has 0 saturated carbocycles.